The highest BCUT2D eigenvalue weighted by molar-refractivity contribution is 5.85. The number of hydrogen-bond donors (Lipinski definition) is 0. The molecular formula is C52H80N24O12. The van der Waals surface area contributed by atoms with Crippen molar-refractivity contribution in [3.63, 3.8) is 0 Å². The Bertz CT molecular complexity index is 2660. The summed E-state index contributed by atoms with van der Waals surface area (Å²) < 4.78 is 0. The molecule has 13 aliphatic rings. The molecule has 0 aliphatic carbocycles. The van der Waals surface area contributed by atoms with Gasteiger partial charge in [0, 0.05) is 170 Å². The Labute approximate surface area is 508 Å². The first-order valence-electron chi connectivity index (χ1n) is 31.0. The average Bonchev–Trinajstić information content (AvgIpc) is 4.52. The molecule has 0 aromatic rings. The van der Waals surface area contributed by atoms with E-state index in [0.717, 1.165) is 19.3 Å². The number of carbonyl (C=O) groups is 12. The summed E-state index contributed by atoms with van der Waals surface area (Å²) in [6.07, 6.45) is 2.27. The van der Waals surface area contributed by atoms with E-state index in [1.165, 1.54) is 0 Å². The number of carbonyl (C=O) groups excluding carboxylic acids is 12. The molecule has 0 aromatic carbocycles. The molecule has 13 rings (SSSR count). The summed E-state index contributed by atoms with van der Waals surface area (Å²) in [6.45, 7) is 10.9. The molecular weight excluding hydrogens is 1150 g/mol. The van der Waals surface area contributed by atoms with E-state index in [9.17, 15) is 57.5 Å². The van der Waals surface area contributed by atoms with Crippen molar-refractivity contribution in [2.45, 2.75) is 19.3 Å². The Balaban J connectivity index is 0.609. The molecule has 24 amide bonds. The van der Waals surface area contributed by atoms with Crippen LogP contribution in [0, 0.1) is 0 Å². The lowest BCUT2D eigenvalue weighted by molar-refractivity contribution is 0.132. The number of fused-ring (bicyclic) bond motifs is 24. The first-order valence-corrected chi connectivity index (χ1v) is 31.0. The minimum atomic E-state index is -0.322. The van der Waals surface area contributed by atoms with E-state index in [2.05, 4.69) is 0 Å². The number of amides is 24. The third-order valence-electron chi connectivity index (χ3n) is 19.3. The zero-order valence-corrected chi connectivity index (χ0v) is 49.9. The molecule has 0 spiro atoms. The Kier molecular flexibility index (Phi) is 15.9. The highest BCUT2D eigenvalue weighted by Crippen LogP contribution is 2.25. The molecule has 36 heteroatoms. The van der Waals surface area contributed by atoms with E-state index >= 15 is 0 Å². The fourth-order valence-corrected chi connectivity index (χ4v) is 13.9. The third kappa shape index (κ3) is 11.3. The van der Waals surface area contributed by atoms with Gasteiger partial charge in [-0.05, 0) is 19.3 Å². The Morgan fingerprint density at radius 2 is 0.205 bits per heavy atom. The van der Waals surface area contributed by atoms with Crippen molar-refractivity contribution >= 4 is 72.4 Å². The Morgan fingerprint density at radius 1 is 0.114 bits per heavy atom. The minimum absolute atomic E-state index is 0.0338. The molecule has 13 heterocycles. The molecule has 13 fully saturated rings. The van der Waals surface area contributed by atoms with Gasteiger partial charge in [0.15, 0.2) is 0 Å². The van der Waals surface area contributed by atoms with Crippen molar-refractivity contribution in [1.29, 1.82) is 0 Å². The summed E-state index contributed by atoms with van der Waals surface area (Å²) in [4.78, 5) is 202. The van der Waals surface area contributed by atoms with E-state index in [-0.39, 0.29) is 146 Å². The molecule has 0 atom stereocenters. The van der Waals surface area contributed by atoms with Crippen LogP contribution in [0.25, 0.3) is 0 Å². The van der Waals surface area contributed by atoms with Crippen LogP contribution >= 0.6 is 0 Å². The average molecular weight is 1230 g/mol. The van der Waals surface area contributed by atoms with Gasteiger partial charge in [-0.3, -0.25) is 0 Å². The molecule has 0 unspecified atom stereocenters. The number of hydrogen-bond acceptors (Lipinski definition) is 12. The fraction of sp³-hybridized carbons (Fsp3) is 0.769. The first-order chi connectivity index (χ1) is 42.5. The summed E-state index contributed by atoms with van der Waals surface area (Å²) in [5, 5.41) is 0. The standard InChI is InChI=1S/C52H80N24O12/c77-41-53-4-2-1-3-5-54-7-9-56(42(54)78)31-58-11-13-60(44(58)80)33-62-15-17-64(46(62)82)35-66-19-21-68(48(66)84)37-70-23-25-72(50(70)86)39-74-27-29-76(52(74)88)40-75-28-26-73(51(75)87)38-71-24-22-69(49(71)85)36-67-20-18-65(47(67)83)34-63-16-14-61(45(63)81)32-59-12-10-57(43(59)79)30-55(41)8-6-53/h1-40H2. The molecule has 0 N–H and O–H groups in total. The van der Waals surface area contributed by atoms with Gasteiger partial charge in [0.1, 0.15) is 0 Å². The molecule has 36 nitrogen and oxygen atoms in total. The quantitative estimate of drug-likeness (QED) is 0.245. The molecule has 0 aromatic heterocycles. The smallest absolute Gasteiger partial charge is 0.322 e. The minimum Gasteiger partial charge on any atom is -0.323 e. The maximum Gasteiger partial charge on any atom is 0.322 e. The predicted molar refractivity (Wildman–Crippen MR) is 303 cm³/mol. The lowest BCUT2D eigenvalue weighted by Gasteiger charge is -2.28. The fourth-order valence-electron chi connectivity index (χ4n) is 13.9. The highest BCUT2D eigenvalue weighted by atomic mass is 16.2. The Morgan fingerprint density at radius 3 is 0.318 bits per heavy atom. The van der Waals surface area contributed by atoms with Crippen molar-refractivity contribution in [3.05, 3.63) is 0 Å². The number of nitrogens with zero attached hydrogens (tertiary/aromatic N) is 24. The predicted octanol–water partition coefficient (Wildman–Crippen LogP) is -2.45. The largest absolute Gasteiger partial charge is 0.323 e. The zero-order valence-electron chi connectivity index (χ0n) is 49.9. The summed E-state index contributed by atoms with van der Waals surface area (Å²) in [5.74, 6) is 0. The van der Waals surface area contributed by atoms with Crippen LogP contribution in [0.15, 0.2) is 0 Å². The summed E-state index contributed by atoms with van der Waals surface area (Å²) in [5.41, 5.74) is 0. The van der Waals surface area contributed by atoms with Gasteiger partial charge in [-0.15, -0.1) is 0 Å². The first kappa shape index (κ1) is 58.3. The zero-order chi connectivity index (χ0) is 61.1. The second-order valence-electron chi connectivity index (χ2n) is 24.8. The maximum absolute atomic E-state index is 13.7. The van der Waals surface area contributed by atoms with Crippen LogP contribution in [0.4, 0.5) is 57.5 Å². The molecule has 88 heavy (non-hydrogen) atoms. The van der Waals surface area contributed by atoms with Gasteiger partial charge >= 0.3 is 72.4 Å². The number of urea groups is 12. The summed E-state index contributed by atoms with van der Waals surface area (Å²) in [7, 11) is 0. The van der Waals surface area contributed by atoms with Gasteiger partial charge in [0.25, 0.3) is 0 Å². The molecule has 24 bridgehead atoms. The summed E-state index contributed by atoms with van der Waals surface area (Å²) >= 11 is 0. The van der Waals surface area contributed by atoms with E-state index < -0.39 is 0 Å². The van der Waals surface area contributed by atoms with Gasteiger partial charge in [-0.2, -0.15) is 0 Å². The maximum atomic E-state index is 13.7. The molecule has 0 saturated carbocycles. The normalized spacial score (nSPS) is 25.9. The van der Waals surface area contributed by atoms with Gasteiger partial charge in [-0.1, -0.05) is 0 Å². The van der Waals surface area contributed by atoms with E-state index in [1.807, 2.05) is 0 Å². The second-order valence-corrected chi connectivity index (χ2v) is 24.8. The van der Waals surface area contributed by atoms with Crippen LogP contribution in [0.1, 0.15) is 19.3 Å². The Hall–Kier alpha value is -8.76. The van der Waals surface area contributed by atoms with Crippen LogP contribution in [-0.4, -0.2) is 433 Å². The lowest BCUT2D eigenvalue weighted by atomic mass is 10.2. The van der Waals surface area contributed by atoms with E-state index in [0.29, 0.717) is 170 Å². The molecule has 13 aliphatic heterocycles. The second kappa shape index (κ2) is 24.1. The lowest BCUT2D eigenvalue weighted by Crippen LogP contribution is -2.48. The molecule has 480 valence electrons. The van der Waals surface area contributed by atoms with Crippen LogP contribution in [-0.2, 0) is 0 Å². The van der Waals surface area contributed by atoms with Crippen molar-refractivity contribution in [1.82, 2.24) is 118 Å². The van der Waals surface area contributed by atoms with Crippen molar-refractivity contribution in [2.24, 2.45) is 0 Å². The third-order valence-corrected chi connectivity index (χ3v) is 19.3. The highest BCUT2D eigenvalue weighted by Gasteiger charge is 2.45. The van der Waals surface area contributed by atoms with Crippen LogP contribution in [0.3, 0.4) is 0 Å². The van der Waals surface area contributed by atoms with Gasteiger partial charge in [0.2, 0.25) is 0 Å². The number of rotatable bonds is 0. The summed E-state index contributed by atoms with van der Waals surface area (Å²) in [6, 6.07) is -3.32. The van der Waals surface area contributed by atoms with Crippen LogP contribution in [0.2, 0.25) is 0 Å². The monoisotopic (exact) mass is 1230 g/mol. The van der Waals surface area contributed by atoms with Gasteiger partial charge in [0.05, 0.1) is 73.4 Å². The van der Waals surface area contributed by atoms with Gasteiger partial charge < -0.3 is 118 Å². The van der Waals surface area contributed by atoms with E-state index in [1.54, 1.807) is 118 Å². The van der Waals surface area contributed by atoms with Crippen molar-refractivity contribution in [3.8, 4) is 0 Å². The van der Waals surface area contributed by atoms with Gasteiger partial charge in [-0.25, -0.2) is 57.5 Å². The van der Waals surface area contributed by atoms with E-state index in [4.69, 9.17) is 0 Å². The van der Waals surface area contributed by atoms with Crippen LogP contribution < -0.4 is 0 Å². The SMILES string of the molecule is O=C1N2CCCCCN3CCN(CN4CCN(CN5CCN(CN6CCN(CN7CCN(CN8CCN(CN9CCN(CN%10CCN(CN%11CCN(CN%12CCN(CN%13CCN(CN1CC2)C%13=O)C%12=O)C%11=O)C%10=O)C9=O)C8=O)C7=O)C6=O)C5=O)C4=O)C3=O. The molecule has 13 saturated heterocycles. The van der Waals surface area contributed by atoms with Crippen LogP contribution in [0.5, 0.6) is 0 Å². The topological polar surface area (TPSA) is 283 Å². The molecule has 0 radical (unpaired) electrons. The van der Waals surface area contributed by atoms with Crippen molar-refractivity contribution in [2.75, 3.05) is 244 Å². The van der Waals surface area contributed by atoms with Crippen molar-refractivity contribution < 1.29 is 57.5 Å².